The van der Waals surface area contributed by atoms with Crippen molar-refractivity contribution < 1.29 is 23.8 Å². The smallest absolute Gasteiger partial charge is 0.410 e. The van der Waals surface area contributed by atoms with Crippen LogP contribution in [0.5, 0.6) is 0 Å². The molecule has 0 aromatic carbocycles. The van der Waals surface area contributed by atoms with E-state index in [-0.39, 0.29) is 6.10 Å². The lowest BCUT2D eigenvalue weighted by Gasteiger charge is -2.23. The van der Waals surface area contributed by atoms with Crippen molar-refractivity contribution in [1.82, 2.24) is 4.90 Å². The van der Waals surface area contributed by atoms with E-state index in [2.05, 4.69) is 19.6 Å². The zero-order valence-corrected chi connectivity index (χ0v) is 14.0. The molecule has 0 radical (unpaired) electrons. The number of nitrogens with zero attached hydrogens (tertiary/aromatic N) is 1. The number of carbonyl (C=O) groups excluding carboxylic acids is 2. The second kappa shape index (κ2) is 7.08. The predicted octanol–water partition coefficient (Wildman–Crippen LogP) is 1.72. The quantitative estimate of drug-likeness (QED) is 0.571. The van der Waals surface area contributed by atoms with Gasteiger partial charge in [-0.25, -0.2) is 9.59 Å². The molecule has 20 heavy (non-hydrogen) atoms. The molecule has 1 amide bonds. The van der Waals surface area contributed by atoms with Gasteiger partial charge in [0.25, 0.3) is 0 Å². The molecule has 0 aromatic rings. The Morgan fingerprint density at radius 2 is 1.90 bits per heavy atom. The van der Waals surface area contributed by atoms with Crippen LogP contribution in [0, 0.1) is 0 Å². The maximum Gasteiger partial charge on any atom is 0.410 e. The number of ether oxygens (including phenoxy) is 3. The predicted molar refractivity (Wildman–Crippen MR) is 77.4 cm³/mol. The van der Waals surface area contributed by atoms with Crippen molar-refractivity contribution in [1.29, 1.82) is 0 Å². The van der Waals surface area contributed by atoms with Crippen LogP contribution < -0.4 is 0 Å². The highest BCUT2D eigenvalue weighted by Crippen LogP contribution is 2.22. The minimum absolute atomic E-state index is 0.149. The summed E-state index contributed by atoms with van der Waals surface area (Å²) in [7, 11) is 1.64. The summed E-state index contributed by atoms with van der Waals surface area (Å²) in [5.41, 5.74) is 0. The Hall–Kier alpha value is -1.08. The molecule has 0 aromatic heterocycles. The van der Waals surface area contributed by atoms with Crippen molar-refractivity contribution in [2.24, 2.45) is 0 Å². The van der Waals surface area contributed by atoms with Gasteiger partial charge in [-0.3, -0.25) is 4.90 Å². The number of carbonyl (C=O) groups is 2. The summed E-state index contributed by atoms with van der Waals surface area (Å²) in [6.45, 7) is 7.41. The van der Waals surface area contributed by atoms with Crippen LogP contribution in [0.4, 0.5) is 4.79 Å². The van der Waals surface area contributed by atoms with Gasteiger partial charge in [0.1, 0.15) is 6.04 Å². The monoisotopic (exact) mass is 303 g/mol. The van der Waals surface area contributed by atoms with Crippen molar-refractivity contribution in [2.75, 3.05) is 27.4 Å². The average molecular weight is 303 g/mol. The molecule has 1 rings (SSSR count). The summed E-state index contributed by atoms with van der Waals surface area (Å²) in [5, 5.41) is 0. The Morgan fingerprint density at radius 3 is 2.40 bits per heavy atom. The Kier molecular flexibility index (Phi) is 6.00. The number of methoxy groups -OCH3 is 2. The fraction of sp³-hybridized carbons (Fsp3) is 0.846. The third-order valence-electron chi connectivity index (χ3n) is 3.38. The highest BCUT2D eigenvalue weighted by Gasteiger charge is 2.41. The Labute approximate surface area is 121 Å². The zero-order chi connectivity index (χ0) is 15.3. The van der Waals surface area contributed by atoms with Crippen LogP contribution in [0.1, 0.15) is 6.42 Å². The third-order valence-corrected chi connectivity index (χ3v) is 5.09. The molecule has 0 spiro atoms. The number of amides is 1. The van der Waals surface area contributed by atoms with Gasteiger partial charge in [0.15, 0.2) is 0 Å². The lowest BCUT2D eigenvalue weighted by molar-refractivity contribution is -0.145. The Balaban J connectivity index is 2.57. The van der Waals surface area contributed by atoms with Gasteiger partial charge in [0, 0.05) is 21.6 Å². The van der Waals surface area contributed by atoms with E-state index in [9.17, 15) is 9.59 Å². The average Bonchev–Trinajstić information content (AvgIpc) is 2.80. The number of hydrogen-bond acceptors (Lipinski definition) is 5. The van der Waals surface area contributed by atoms with E-state index in [0.717, 1.165) is 6.04 Å². The fourth-order valence-corrected chi connectivity index (χ4v) is 2.77. The van der Waals surface area contributed by atoms with Gasteiger partial charge in [0.05, 0.1) is 26.4 Å². The molecule has 0 unspecified atom stereocenters. The van der Waals surface area contributed by atoms with Gasteiger partial charge in [-0.15, -0.1) is 0 Å². The van der Waals surface area contributed by atoms with Crippen molar-refractivity contribution in [3.63, 3.8) is 0 Å². The molecule has 7 heteroatoms. The second-order valence-electron chi connectivity index (χ2n) is 6.21. The van der Waals surface area contributed by atoms with E-state index in [1.807, 2.05) is 0 Å². The van der Waals surface area contributed by atoms with Gasteiger partial charge in [-0.1, -0.05) is 19.6 Å². The first kappa shape index (κ1) is 17.0. The summed E-state index contributed by atoms with van der Waals surface area (Å²) in [4.78, 5) is 25.2. The van der Waals surface area contributed by atoms with Gasteiger partial charge in [-0.2, -0.15) is 0 Å². The van der Waals surface area contributed by atoms with Crippen LogP contribution in [0.25, 0.3) is 0 Å². The van der Waals surface area contributed by atoms with Gasteiger partial charge < -0.3 is 14.2 Å². The molecule has 6 nitrogen and oxygen atoms in total. The van der Waals surface area contributed by atoms with Crippen LogP contribution in [0.2, 0.25) is 25.7 Å². The highest BCUT2D eigenvalue weighted by atomic mass is 28.3. The van der Waals surface area contributed by atoms with Crippen molar-refractivity contribution in [3.05, 3.63) is 0 Å². The first-order valence-corrected chi connectivity index (χ1v) is 10.5. The molecule has 0 N–H and O–H groups in total. The molecule has 0 bridgehead atoms. The number of esters is 1. The molecule has 1 fully saturated rings. The van der Waals surface area contributed by atoms with Crippen molar-refractivity contribution >= 4 is 20.1 Å². The topological polar surface area (TPSA) is 65.1 Å². The largest absolute Gasteiger partial charge is 0.467 e. The summed E-state index contributed by atoms with van der Waals surface area (Å²) in [5.74, 6) is -0.424. The highest BCUT2D eigenvalue weighted by molar-refractivity contribution is 6.76. The van der Waals surface area contributed by atoms with Gasteiger partial charge in [0.2, 0.25) is 0 Å². The molecule has 0 saturated carbocycles. The maximum absolute atomic E-state index is 12.1. The first-order chi connectivity index (χ1) is 9.28. The molecule has 1 aliphatic heterocycles. The number of hydrogen-bond donors (Lipinski definition) is 0. The van der Waals surface area contributed by atoms with E-state index >= 15 is 0 Å². The van der Waals surface area contributed by atoms with Crippen molar-refractivity contribution in [2.45, 2.75) is 44.3 Å². The van der Waals surface area contributed by atoms with Crippen molar-refractivity contribution in [3.8, 4) is 0 Å². The van der Waals surface area contributed by atoms with Crippen LogP contribution in [0.3, 0.4) is 0 Å². The minimum Gasteiger partial charge on any atom is -0.467 e. The number of likely N-dealkylation sites (tertiary alicyclic amines) is 1. The Bertz CT molecular complexity index is 355. The van der Waals surface area contributed by atoms with E-state index in [4.69, 9.17) is 14.2 Å². The molecule has 1 heterocycles. The zero-order valence-electron chi connectivity index (χ0n) is 13.0. The lowest BCUT2D eigenvalue weighted by Crippen LogP contribution is -2.42. The second-order valence-corrected chi connectivity index (χ2v) is 11.8. The number of rotatable bonds is 5. The first-order valence-electron chi connectivity index (χ1n) is 6.82. The standard InChI is InChI=1S/C13H25NO5Si/c1-17-10-8-11(12(15)18-2)14(9-10)13(16)19-6-7-20(3,4)5/h10-11H,6-9H2,1-5H3/t10-,11-/m0/s1. The molecule has 2 atom stereocenters. The SMILES string of the molecule is COC(=O)[C@@H]1C[C@H](OC)CN1C(=O)OCC[Si](C)(C)C. The Morgan fingerprint density at radius 1 is 1.25 bits per heavy atom. The summed E-state index contributed by atoms with van der Waals surface area (Å²) >= 11 is 0. The molecular weight excluding hydrogens is 278 g/mol. The minimum atomic E-state index is -1.24. The normalized spacial score (nSPS) is 22.8. The van der Waals surface area contributed by atoms with Crippen LogP contribution in [-0.4, -0.2) is 64.6 Å². The molecule has 1 aliphatic rings. The maximum atomic E-state index is 12.1. The molecule has 1 saturated heterocycles. The summed E-state index contributed by atoms with van der Waals surface area (Å²) in [6, 6.07) is 0.299. The van der Waals surface area contributed by atoms with Gasteiger partial charge >= 0.3 is 12.1 Å². The molecule has 116 valence electrons. The van der Waals surface area contributed by atoms with Crippen LogP contribution in [-0.2, 0) is 19.0 Å². The van der Waals surface area contributed by atoms with Gasteiger partial charge in [-0.05, 0) is 6.04 Å². The van der Waals surface area contributed by atoms with Crippen LogP contribution in [0.15, 0.2) is 0 Å². The molecule has 0 aliphatic carbocycles. The van der Waals surface area contributed by atoms with E-state index in [1.54, 1.807) is 7.11 Å². The summed E-state index contributed by atoms with van der Waals surface area (Å²) < 4.78 is 15.2. The summed E-state index contributed by atoms with van der Waals surface area (Å²) in [6.07, 6.45) is -0.159. The van der Waals surface area contributed by atoms with E-state index in [1.165, 1.54) is 12.0 Å². The lowest BCUT2D eigenvalue weighted by atomic mass is 10.2. The van der Waals surface area contributed by atoms with E-state index in [0.29, 0.717) is 19.6 Å². The van der Waals surface area contributed by atoms with E-state index < -0.39 is 26.2 Å². The fourth-order valence-electron chi connectivity index (χ4n) is 2.06. The van der Waals surface area contributed by atoms with Crippen LogP contribution >= 0.6 is 0 Å². The third kappa shape index (κ3) is 4.79. The molecular formula is C13H25NO5Si.